The van der Waals surface area contributed by atoms with Crippen molar-refractivity contribution in [1.82, 2.24) is 0 Å². The molecule has 0 spiro atoms. The average Bonchev–Trinajstić information content (AvgIpc) is 3.21. The molecule has 0 unspecified atom stereocenters. The van der Waals surface area contributed by atoms with Crippen LogP contribution < -0.4 is 0 Å². The number of carbonyl (C=O) groups is 1. The molecule has 0 saturated heterocycles. The zero-order valence-electron chi connectivity index (χ0n) is 16.6. The van der Waals surface area contributed by atoms with E-state index in [1.807, 2.05) is 0 Å². The number of hydrogen-bond donors (Lipinski definition) is 2. The van der Waals surface area contributed by atoms with Crippen molar-refractivity contribution in [1.29, 1.82) is 0 Å². The van der Waals surface area contributed by atoms with Gasteiger partial charge in [-0.1, -0.05) is 19.8 Å². The van der Waals surface area contributed by atoms with Gasteiger partial charge in [0.25, 0.3) is 0 Å². The summed E-state index contributed by atoms with van der Waals surface area (Å²) in [6, 6.07) is 0. The molecule has 4 heteroatoms. The van der Waals surface area contributed by atoms with Gasteiger partial charge in [-0.15, -0.1) is 0 Å². The highest BCUT2D eigenvalue weighted by molar-refractivity contribution is 5.85. The third kappa shape index (κ3) is 2.26. The Balaban J connectivity index is 1.50. The third-order valence-electron chi connectivity index (χ3n) is 9.89. The molecule has 4 nitrogen and oxygen atoms in total. The van der Waals surface area contributed by atoms with Crippen LogP contribution in [0, 0.1) is 34.5 Å². The topological polar surface area (TPSA) is 66.8 Å². The Morgan fingerprint density at radius 1 is 1.07 bits per heavy atom. The van der Waals surface area contributed by atoms with Gasteiger partial charge in [0.15, 0.2) is 0 Å². The van der Waals surface area contributed by atoms with E-state index in [-0.39, 0.29) is 22.7 Å². The zero-order chi connectivity index (χ0) is 18.9. The van der Waals surface area contributed by atoms with E-state index in [0.717, 1.165) is 50.5 Å². The van der Waals surface area contributed by atoms with E-state index in [1.54, 1.807) is 6.08 Å². The molecule has 1 heterocycles. The Morgan fingerprint density at radius 3 is 2.67 bits per heavy atom. The van der Waals surface area contributed by atoms with Gasteiger partial charge in [-0.25, -0.2) is 4.79 Å². The first-order chi connectivity index (χ1) is 12.9. The SMILES string of the molecule is C[C@]12CC[C@H]3[C@@H](CC[C@H]4CCCC[C@@]43CO)[C@@]1(O)CC[C@@H]2C1=CC(=O)OC1. The van der Waals surface area contributed by atoms with Crippen molar-refractivity contribution in [2.24, 2.45) is 34.5 Å². The van der Waals surface area contributed by atoms with Crippen molar-refractivity contribution < 1.29 is 19.7 Å². The van der Waals surface area contributed by atoms with Crippen LogP contribution in [-0.4, -0.2) is 35.0 Å². The summed E-state index contributed by atoms with van der Waals surface area (Å²) < 4.78 is 5.20. The molecule has 27 heavy (non-hydrogen) atoms. The fraction of sp³-hybridized carbons (Fsp3) is 0.870. The maximum Gasteiger partial charge on any atom is 0.331 e. The molecule has 4 fully saturated rings. The van der Waals surface area contributed by atoms with Gasteiger partial charge in [0.1, 0.15) is 6.61 Å². The molecule has 7 atom stereocenters. The van der Waals surface area contributed by atoms with Crippen LogP contribution in [0.15, 0.2) is 11.6 Å². The highest BCUT2D eigenvalue weighted by atomic mass is 16.5. The van der Waals surface area contributed by atoms with Crippen LogP contribution in [0.4, 0.5) is 0 Å². The quantitative estimate of drug-likeness (QED) is 0.725. The van der Waals surface area contributed by atoms with Crippen molar-refractivity contribution in [3.05, 3.63) is 11.6 Å². The summed E-state index contributed by atoms with van der Waals surface area (Å²) in [5.74, 6) is 1.42. The molecule has 0 aromatic carbocycles. The maximum absolute atomic E-state index is 12.1. The lowest BCUT2D eigenvalue weighted by atomic mass is 9.43. The number of hydrogen-bond acceptors (Lipinski definition) is 4. The Morgan fingerprint density at radius 2 is 1.93 bits per heavy atom. The van der Waals surface area contributed by atoms with Gasteiger partial charge in [0.2, 0.25) is 0 Å². The number of carbonyl (C=O) groups excluding carboxylic acids is 1. The van der Waals surface area contributed by atoms with Crippen LogP contribution in [0.1, 0.15) is 71.1 Å². The van der Waals surface area contributed by atoms with Gasteiger partial charge in [-0.3, -0.25) is 0 Å². The van der Waals surface area contributed by atoms with Crippen LogP contribution in [0.2, 0.25) is 0 Å². The van der Waals surface area contributed by atoms with Crippen LogP contribution >= 0.6 is 0 Å². The molecule has 1 aliphatic heterocycles. The number of aliphatic hydroxyl groups is 2. The monoisotopic (exact) mass is 374 g/mol. The number of ether oxygens (including phenoxy) is 1. The lowest BCUT2D eigenvalue weighted by molar-refractivity contribution is -0.214. The standard InChI is InChI=1S/C23H34O4/c1-21-10-7-18-19(6-5-16-4-2-3-9-22(16,18)14-24)23(21,26)11-8-17(21)15-12-20(25)27-13-15/h12,16-19,24,26H,2-11,13-14H2,1H3/t16-,17-,18+,19-,21-,22-,23+/m1/s1. The van der Waals surface area contributed by atoms with E-state index in [9.17, 15) is 15.0 Å². The minimum absolute atomic E-state index is 0.0437. The lowest BCUT2D eigenvalue weighted by Gasteiger charge is -2.63. The summed E-state index contributed by atoms with van der Waals surface area (Å²) in [4.78, 5) is 11.6. The number of rotatable bonds is 2. The number of aliphatic hydroxyl groups excluding tert-OH is 1. The Bertz CT molecular complexity index is 671. The van der Waals surface area contributed by atoms with Crippen molar-refractivity contribution in [3.63, 3.8) is 0 Å². The van der Waals surface area contributed by atoms with Crippen LogP contribution in [-0.2, 0) is 9.53 Å². The number of esters is 1. The predicted molar refractivity (Wildman–Crippen MR) is 102 cm³/mol. The molecule has 4 saturated carbocycles. The minimum atomic E-state index is -0.669. The molecule has 2 N–H and O–H groups in total. The largest absolute Gasteiger partial charge is 0.458 e. The molecule has 4 aliphatic carbocycles. The Kier molecular flexibility index (Phi) is 4.08. The first kappa shape index (κ1) is 18.2. The van der Waals surface area contributed by atoms with Crippen molar-refractivity contribution in [3.8, 4) is 0 Å². The number of cyclic esters (lactones) is 1. The summed E-state index contributed by atoms with van der Waals surface area (Å²) in [7, 11) is 0. The third-order valence-corrected chi connectivity index (χ3v) is 9.89. The second-order valence-corrected chi connectivity index (χ2v) is 10.4. The van der Waals surface area contributed by atoms with Crippen molar-refractivity contribution in [2.45, 2.75) is 76.7 Å². The van der Waals surface area contributed by atoms with Crippen molar-refractivity contribution >= 4 is 5.97 Å². The molecule has 150 valence electrons. The maximum atomic E-state index is 12.1. The van der Waals surface area contributed by atoms with E-state index < -0.39 is 5.60 Å². The van der Waals surface area contributed by atoms with Gasteiger partial charge >= 0.3 is 5.97 Å². The smallest absolute Gasteiger partial charge is 0.331 e. The molecule has 0 aromatic heterocycles. The Hall–Kier alpha value is -0.870. The van der Waals surface area contributed by atoms with Crippen LogP contribution in [0.3, 0.4) is 0 Å². The number of fused-ring (bicyclic) bond motifs is 5. The lowest BCUT2D eigenvalue weighted by Crippen LogP contribution is -2.63. The second-order valence-electron chi connectivity index (χ2n) is 10.4. The van der Waals surface area contributed by atoms with Gasteiger partial charge in [0.05, 0.1) is 5.60 Å². The highest BCUT2D eigenvalue weighted by Gasteiger charge is 2.68. The van der Waals surface area contributed by atoms with Crippen LogP contribution in [0.25, 0.3) is 0 Å². The summed E-state index contributed by atoms with van der Waals surface area (Å²) >= 11 is 0. The summed E-state index contributed by atoms with van der Waals surface area (Å²) in [5, 5.41) is 22.6. The molecular weight excluding hydrogens is 340 g/mol. The normalized spacial score (nSPS) is 51.8. The second kappa shape index (κ2) is 6.06. The minimum Gasteiger partial charge on any atom is -0.458 e. The summed E-state index contributed by atoms with van der Waals surface area (Å²) in [6.45, 7) is 2.97. The van der Waals surface area contributed by atoms with Gasteiger partial charge in [-0.05, 0) is 86.0 Å². The first-order valence-corrected chi connectivity index (χ1v) is 11.1. The Labute approximate surface area is 162 Å². The van der Waals surface area contributed by atoms with Gasteiger partial charge < -0.3 is 14.9 Å². The molecule has 5 rings (SSSR count). The fourth-order valence-corrected chi connectivity index (χ4v) is 8.53. The summed E-state index contributed by atoms with van der Waals surface area (Å²) in [5.41, 5.74) is 0.298. The van der Waals surface area contributed by atoms with Crippen LogP contribution in [0.5, 0.6) is 0 Å². The van der Waals surface area contributed by atoms with E-state index in [1.165, 1.54) is 19.3 Å². The highest BCUT2D eigenvalue weighted by Crippen LogP contribution is 2.69. The zero-order valence-corrected chi connectivity index (χ0v) is 16.6. The molecular formula is C23H34O4. The fourth-order valence-electron chi connectivity index (χ4n) is 8.53. The van der Waals surface area contributed by atoms with Crippen molar-refractivity contribution in [2.75, 3.05) is 13.2 Å². The predicted octanol–water partition coefficient (Wildman–Crippen LogP) is 3.61. The molecule has 0 aromatic rings. The van der Waals surface area contributed by atoms with E-state index in [4.69, 9.17) is 4.74 Å². The molecule has 0 radical (unpaired) electrons. The molecule has 0 bridgehead atoms. The van der Waals surface area contributed by atoms with Gasteiger partial charge in [-0.2, -0.15) is 0 Å². The van der Waals surface area contributed by atoms with E-state index >= 15 is 0 Å². The van der Waals surface area contributed by atoms with Gasteiger partial charge in [0, 0.05) is 18.1 Å². The average molecular weight is 375 g/mol. The first-order valence-electron chi connectivity index (χ1n) is 11.1. The molecule has 5 aliphatic rings. The summed E-state index contributed by atoms with van der Waals surface area (Å²) in [6.07, 6.45) is 12.8. The van der Waals surface area contributed by atoms with E-state index in [0.29, 0.717) is 31.0 Å². The molecule has 0 amide bonds. The van der Waals surface area contributed by atoms with E-state index in [2.05, 4.69) is 6.92 Å².